The van der Waals surface area contributed by atoms with Crippen molar-refractivity contribution in [2.45, 2.75) is 44.5 Å². The number of aliphatic hydroxyl groups is 1. The Kier molecular flexibility index (Phi) is 4.74. The van der Waals surface area contributed by atoms with Gasteiger partial charge >= 0.3 is 0 Å². The Balaban J connectivity index is 2.28. The van der Waals surface area contributed by atoms with E-state index in [0.29, 0.717) is 4.75 Å². The molecule has 0 saturated carbocycles. The predicted molar refractivity (Wildman–Crippen MR) is 63.9 cm³/mol. The van der Waals surface area contributed by atoms with Crippen LogP contribution >= 0.6 is 11.8 Å². The van der Waals surface area contributed by atoms with E-state index >= 15 is 0 Å². The largest absolute Gasteiger partial charge is 0.393 e. The van der Waals surface area contributed by atoms with Gasteiger partial charge in [0.2, 0.25) is 0 Å². The lowest BCUT2D eigenvalue weighted by Gasteiger charge is -2.22. The van der Waals surface area contributed by atoms with Crippen LogP contribution in [0.2, 0.25) is 0 Å². The molecule has 0 aromatic carbocycles. The van der Waals surface area contributed by atoms with Crippen molar-refractivity contribution in [3.63, 3.8) is 0 Å². The van der Waals surface area contributed by atoms with Gasteiger partial charge in [0.15, 0.2) is 0 Å². The quantitative estimate of drug-likeness (QED) is 0.782. The molecule has 1 fully saturated rings. The Morgan fingerprint density at radius 3 is 2.79 bits per heavy atom. The molecule has 0 aromatic rings. The van der Waals surface area contributed by atoms with Gasteiger partial charge in [-0.05, 0) is 26.3 Å². The van der Waals surface area contributed by atoms with Crippen molar-refractivity contribution in [2.24, 2.45) is 0 Å². The van der Waals surface area contributed by atoms with E-state index in [0.717, 1.165) is 13.0 Å². The Labute approximate surface area is 92.1 Å². The average Bonchev–Trinajstić information content (AvgIpc) is 2.23. The molecule has 1 N–H and O–H groups in total. The highest BCUT2D eigenvalue weighted by molar-refractivity contribution is 8.00. The Morgan fingerprint density at radius 2 is 2.14 bits per heavy atom. The number of hydrogen-bond donors (Lipinski definition) is 1. The van der Waals surface area contributed by atoms with Crippen LogP contribution in [0, 0.1) is 0 Å². The molecular formula is C11H23NOS. The standard InChI is InChI=1S/C11H23NOS/c1-10(13)4-6-12-7-5-11(2,3)14-9-8-12/h10,13H,4-9H2,1-3H3. The van der Waals surface area contributed by atoms with E-state index in [-0.39, 0.29) is 6.10 Å². The van der Waals surface area contributed by atoms with Crippen molar-refractivity contribution in [2.75, 3.05) is 25.4 Å². The van der Waals surface area contributed by atoms with Crippen LogP contribution in [-0.2, 0) is 0 Å². The summed E-state index contributed by atoms with van der Waals surface area (Å²) in [5.74, 6) is 1.23. The fourth-order valence-corrected chi connectivity index (χ4v) is 2.79. The molecule has 0 spiro atoms. The summed E-state index contributed by atoms with van der Waals surface area (Å²) in [6.45, 7) is 9.95. The van der Waals surface area contributed by atoms with Crippen LogP contribution in [0.1, 0.15) is 33.6 Å². The lowest BCUT2D eigenvalue weighted by molar-refractivity contribution is 0.158. The second-order valence-electron chi connectivity index (χ2n) is 4.84. The van der Waals surface area contributed by atoms with E-state index < -0.39 is 0 Å². The van der Waals surface area contributed by atoms with Gasteiger partial charge in [-0.2, -0.15) is 11.8 Å². The molecule has 1 aliphatic heterocycles. The number of nitrogens with zero attached hydrogens (tertiary/aromatic N) is 1. The normalized spacial score (nSPS) is 25.7. The third-order valence-corrected chi connectivity index (χ3v) is 4.17. The minimum Gasteiger partial charge on any atom is -0.393 e. The summed E-state index contributed by atoms with van der Waals surface area (Å²) in [5, 5.41) is 9.22. The van der Waals surface area contributed by atoms with E-state index in [1.807, 2.05) is 6.92 Å². The van der Waals surface area contributed by atoms with Crippen molar-refractivity contribution in [1.29, 1.82) is 0 Å². The molecule has 1 heterocycles. The van der Waals surface area contributed by atoms with Gasteiger partial charge in [0.1, 0.15) is 0 Å². The smallest absolute Gasteiger partial charge is 0.0524 e. The zero-order chi connectivity index (χ0) is 10.6. The van der Waals surface area contributed by atoms with Gasteiger partial charge in [-0.3, -0.25) is 0 Å². The van der Waals surface area contributed by atoms with Gasteiger partial charge in [-0.15, -0.1) is 0 Å². The number of thioether (sulfide) groups is 1. The highest BCUT2D eigenvalue weighted by atomic mass is 32.2. The summed E-state index contributed by atoms with van der Waals surface area (Å²) < 4.78 is 0.444. The second kappa shape index (κ2) is 5.38. The summed E-state index contributed by atoms with van der Waals surface area (Å²) in [7, 11) is 0. The Hall–Kier alpha value is 0.270. The van der Waals surface area contributed by atoms with Crippen LogP contribution in [0.25, 0.3) is 0 Å². The molecule has 1 atom stereocenters. The molecule has 14 heavy (non-hydrogen) atoms. The molecule has 2 nitrogen and oxygen atoms in total. The predicted octanol–water partition coefficient (Wildman–Crippen LogP) is 1.97. The molecule has 0 aromatic heterocycles. The van der Waals surface area contributed by atoms with Gasteiger partial charge in [0, 0.05) is 23.6 Å². The average molecular weight is 217 g/mol. The second-order valence-corrected chi connectivity index (χ2v) is 6.64. The Bertz CT molecular complexity index is 171. The molecule has 0 radical (unpaired) electrons. The van der Waals surface area contributed by atoms with Gasteiger partial charge in [0.25, 0.3) is 0 Å². The van der Waals surface area contributed by atoms with Gasteiger partial charge in [-0.1, -0.05) is 13.8 Å². The molecule has 84 valence electrons. The van der Waals surface area contributed by atoms with E-state index in [4.69, 9.17) is 0 Å². The SMILES string of the molecule is CC(O)CCN1CCSC(C)(C)CC1. The maximum absolute atomic E-state index is 9.22. The highest BCUT2D eigenvalue weighted by Crippen LogP contribution is 2.30. The van der Waals surface area contributed by atoms with E-state index in [2.05, 4.69) is 30.5 Å². The van der Waals surface area contributed by atoms with E-state index in [9.17, 15) is 5.11 Å². The number of hydrogen-bond acceptors (Lipinski definition) is 3. The first kappa shape index (κ1) is 12.3. The summed E-state index contributed by atoms with van der Waals surface area (Å²) in [6.07, 6.45) is 2.02. The third kappa shape index (κ3) is 4.67. The first-order valence-corrected chi connectivity index (χ1v) is 6.52. The molecule has 0 amide bonds. The van der Waals surface area contributed by atoms with Crippen LogP contribution in [0.15, 0.2) is 0 Å². The number of aliphatic hydroxyl groups excluding tert-OH is 1. The first-order chi connectivity index (χ1) is 6.49. The molecule has 0 aliphatic carbocycles. The summed E-state index contributed by atoms with van der Waals surface area (Å²) in [6, 6.07) is 0. The molecule has 1 saturated heterocycles. The van der Waals surface area contributed by atoms with Gasteiger partial charge in [0.05, 0.1) is 6.10 Å². The van der Waals surface area contributed by atoms with Crippen molar-refractivity contribution in [1.82, 2.24) is 4.90 Å². The van der Waals surface area contributed by atoms with Crippen LogP contribution in [-0.4, -0.2) is 46.2 Å². The highest BCUT2D eigenvalue weighted by Gasteiger charge is 2.23. The van der Waals surface area contributed by atoms with Gasteiger partial charge < -0.3 is 10.0 Å². The van der Waals surface area contributed by atoms with Crippen molar-refractivity contribution >= 4 is 11.8 Å². The minimum absolute atomic E-state index is 0.154. The third-order valence-electron chi connectivity index (χ3n) is 2.79. The fraction of sp³-hybridized carbons (Fsp3) is 1.00. The van der Waals surface area contributed by atoms with Crippen molar-refractivity contribution in [3.8, 4) is 0 Å². The Morgan fingerprint density at radius 1 is 1.43 bits per heavy atom. The number of rotatable bonds is 3. The molecule has 3 heteroatoms. The van der Waals surface area contributed by atoms with E-state index in [1.165, 1.54) is 25.3 Å². The van der Waals surface area contributed by atoms with Crippen LogP contribution in [0.4, 0.5) is 0 Å². The zero-order valence-corrected chi connectivity index (χ0v) is 10.4. The summed E-state index contributed by atoms with van der Waals surface area (Å²) in [5.41, 5.74) is 0. The lowest BCUT2D eigenvalue weighted by atomic mass is 10.1. The van der Waals surface area contributed by atoms with Crippen LogP contribution in [0.5, 0.6) is 0 Å². The summed E-state index contributed by atoms with van der Waals surface area (Å²) >= 11 is 2.08. The first-order valence-electron chi connectivity index (χ1n) is 5.54. The molecule has 1 rings (SSSR count). The van der Waals surface area contributed by atoms with Crippen LogP contribution in [0.3, 0.4) is 0 Å². The van der Waals surface area contributed by atoms with E-state index in [1.54, 1.807) is 0 Å². The van der Waals surface area contributed by atoms with Gasteiger partial charge in [-0.25, -0.2) is 0 Å². The maximum atomic E-state index is 9.22. The van der Waals surface area contributed by atoms with Crippen LogP contribution < -0.4 is 0 Å². The molecule has 1 unspecified atom stereocenters. The maximum Gasteiger partial charge on any atom is 0.0524 e. The lowest BCUT2D eigenvalue weighted by Crippen LogP contribution is -2.29. The topological polar surface area (TPSA) is 23.5 Å². The molecule has 0 bridgehead atoms. The zero-order valence-electron chi connectivity index (χ0n) is 9.62. The van der Waals surface area contributed by atoms with Crippen molar-refractivity contribution in [3.05, 3.63) is 0 Å². The molecule has 1 aliphatic rings. The fourth-order valence-electron chi connectivity index (χ4n) is 1.66. The monoisotopic (exact) mass is 217 g/mol. The minimum atomic E-state index is -0.154. The van der Waals surface area contributed by atoms with Crippen molar-refractivity contribution < 1.29 is 5.11 Å². The summed E-state index contributed by atoms with van der Waals surface area (Å²) in [4.78, 5) is 2.48. The molecular weight excluding hydrogens is 194 g/mol.